The first-order chi connectivity index (χ1) is 48.6. The Kier molecular flexibility index (Phi) is 43.7. The Morgan fingerprint density at radius 1 is 0.692 bits per heavy atom. The molecule has 0 radical (unpaired) electrons. The molecule has 576 valence electrons. The van der Waals surface area contributed by atoms with E-state index in [0.717, 1.165) is 69.9 Å². The van der Waals surface area contributed by atoms with Crippen LogP contribution >= 0.6 is 95.6 Å². The monoisotopic (exact) mass is 1860 g/mol. The van der Waals surface area contributed by atoms with Gasteiger partial charge in [-0.25, -0.2) is 9.59 Å². The number of aliphatic hydroxyl groups excluding tert-OH is 1. The average molecular weight is 1870 g/mol. The van der Waals surface area contributed by atoms with Gasteiger partial charge in [0.2, 0.25) is 11.6 Å². The number of nitrogens with two attached hydrogens (primary N) is 3. The fraction of sp³-hybridized carbons (Fsp3) is 0.476. The molecule has 0 unspecified atom stereocenters. The van der Waals surface area contributed by atoms with Gasteiger partial charge in [-0.05, 0) is 156 Å². The average Bonchev–Trinajstić information content (AvgIpc) is 1.33. The normalized spacial score (nSPS) is 14.2. The smallest absolute Gasteiger partial charge is 0.482 e. The number of H-pyrrole nitrogens is 1. The Morgan fingerprint density at radius 3 is 1.55 bits per heavy atom. The zero-order valence-corrected chi connectivity index (χ0v) is 67.1. The SMILES string of the molecule is Brc1ccc(-c2nn[nH]n2)cc1.CC(C)(C)OC(=O)N1CCC2(C=C(B3OC(C)(C)C(C)(C)O3)c3ccccc3O2)CC1.CCOC(=O)C(F)(F)F.N#Cc1ccc(Br)cc1.NCCBr.NCCBr.NCCO.O=C(NCCBr)C(F)(F)F.O=C(NCCn1nnc(-c2ccc(Br)cc2)n1)C(F)(F)F. The lowest BCUT2D eigenvalue weighted by Crippen LogP contribution is -2.51. The van der Waals surface area contributed by atoms with Gasteiger partial charge in [-0.2, -0.15) is 54.8 Å². The number of aliphatic hydroxyl groups is 1. The zero-order chi connectivity index (χ0) is 79.1. The number of hydrogen-bond acceptors (Lipinski definition) is 20. The maximum absolute atomic E-state index is 12.5. The molecule has 25 nitrogen and oxygen atoms in total. The van der Waals surface area contributed by atoms with Crippen molar-refractivity contribution < 1.29 is 87.3 Å². The van der Waals surface area contributed by atoms with E-state index in [1.54, 1.807) is 51.9 Å². The van der Waals surface area contributed by atoms with E-state index in [4.69, 9.17) is 46.4 Å². The van der Waals surface area contributed by atoms with Crippen LogP contribution in [0.15, 0.2) is 117 Å². The highest BCUT2D eigenvalue weighted by atomic mass is 79.9. The van der Waals surface area contributed by atoms with Crippen molar-refractivity contribution in [3.8, 4) is 34.6 Å². The summed E-state index contributed by atoms with van der Waals surface area (Å²) >= 11 is 19.0. The number of ether oxygens (including phenoxy) is 3. The summed E-state index contributed by atoms with van der Waals surface area (Å²) in [6.07, 6.45) is -11.2. The standard InChI is InChI=1S/C24H34BNO5.C11H9BrF3N5O.C7H5BrN4.C7H4BrN.C4H5BrF3NO.C4H5F3O2.2C2H6BrN.C2H7NO/c1-21(2,3)29-20(27)26-14-12-24(13-15-26)16-18(17-10-8-9-11-19(17)28-24)25-30-22(4,5)23(6,7)31-25;12-8-3-1-7(2-4-8)9-17-19-20(18-9)6-5-16-10(21)11(13,14)15;8-6-3-1-5(2-4-6)7-9-11-12-10-7;8-7-3-1-6(5-9)2-4-7;5-1-2-9-3(10)4(6,7)8;1-2-9-3(8)4(5,6)7;3*3-1-2-4/h8-11,16H,12-15H2,1-7H3;1-4H,5-6H2,(H,16,21);1-4H,(H,9,10,11,12);1-4H;1-2H2,(H,9,10);2H2,1H3;2*1-2,4H2;4H,1-3H2. The molecule has 4 aromatic carbocycles. The number of alkyl halides is 12. The third-order valence-electron chi connectivity index (χ3n) is 13.0. The van der Waals surface area contributed by atoms with Crippen LogP contribution in [0.3, 0.4) is 0 Å². The molecule has 2 fully saturated rings. The number of tetrazole rings is 2. The van der Waals surface area contributed by atoms with E-state index in [1.165, 1.54) is 6.92 Å². The van der Waals surface area contributed by atoms with Crippen LogP contribution < -0.4 is 32.6 Å². The van der Waals surface area contributed by atoms with Crippen molar-refractivity contribution in [2.75, 3.05) is 75.0 Å². The minimum Gasteiger partial charge on any atom is -0.482 e. The second kappa shape index (κ2) is 47.5. The first kappa shape index (κ1) is 95.8. The first-order valence-corrected chi connectivity index (χ1v) is 36.7. The molecule has 2 saturated heterocycles. The number of aromatic amines is 1. The fourth-order valence-corrected chi connectivity index (χ4v) is 8.50. The number of likely N-dealkylation sites (tertiary alicyclic amines) is 1. The number of para-hydroxylation sites is 1. The maximum Gasteiger partial charge on any atom is 0.495 e. The summed E-state index contributed by atoms with van der Waals surface area (Å²) in [5, 5.41) is 46.7. The molecule has 6 aromatic rings. The Labute approximate surface area is 646 Å². The maximum atomic E-state index is 12.5. The molecule has 5 heterocycles. The summed E-state index contributed by atoms with van der Waals surface area (Å²) in [5.41, 5.74) is 17.3. The van der Waals surface area contributed by atoms with E-state index in [2.05, 4.69) is 176 Å². The van der Waals surface area contributed by atoms with E-state index in [-0.39, 0.29) is 38.9 Å². The number of nitrogens with zero attached hydrogens (tertiary/aromatic N) is 9. The molecular weight excluding hydrogens is 1790 g/mol. The highest BCUT2D eigenvalue weighted by molar-refractivity contribution is 9.11. The number of carbonyl (C=O) groups excluding carboxylic acids is 4. The van der Waals surface area contributed by atoms with Crippen LogP contribution in [-0.4, -0.2) is 198 Å². The minimum atomic E-state index is -4.89. The Bertz CT molecular complexity index is 3520. The molecule has 0 saturated carbocycles. The molecule has 0 atom stereocenters. The molecule has 41 heteroatoms. The lowest BCUT2D eigenvalue weighted by Gasteiger charge is -2.43. The summed E-state index contributed by atoms with van der Waals surface area (Å²) in [6.45, 7) is 17.8. The number of halogens is 15. The van der Waals surface area contributed by atoms with Gasteiger partial charge in [0.25, 0.3) is 0 Å². The number of nitrogens with one attached hydrogen (secondary N) is 3. The molecular formula is C63H81BBr6F9N15O10. The number of aromatic nitrogens is 8. The van der Waals surface area contributed by atoms with Gasteiger partial charge in [0.15, 0.2) is 0 Å². The van der Waals surface area contributed by atoms with E-state index in [0.29, 0.717) is 55.0 Å². The van der Waals surface area contributed by atoms with Crippen molar-refractivity contribution in [3.63, 3.8) is 0 Å². The first-order valence-electron chi connectivity index (χ1n) is 30.9. The zero-order valence-electron chi connectivity index (χ0n) is 57.5. The van der Waals surface area contributed by atoms with E-state index in [1.807, 2.05) is 81.4 Å². The lowest BCUT2D eigenvalue weighted by atomic mass is 9.69. The van der Waals surface area contributed by atoms with Crippen LogP contribution in [0.2, 0.25) is 0 Å². The second-order valence-corrected chi connectivity index (χ2v) is 27.9. The molecule has 1 spiro atoms. The van der Waals surface area contributed by atoms with Crippen molar-refractivity contribution in [2.45, 2.75) is 116 Å². The third-order valence-corrected chi connectivity index (χ3v) is 15.9. The van der Waals surface area contributed by atoms with E-state index >= 15 is 0 Å². The number of nitriles is 1. The summed E-state index contributed by atoms with van der Waals surface area (Å²) in [5.74, 6) is -4.22. The number of esters is 1. The molecule has 9 rings (SSSR count). The fourth-order valence-electron chi connectivity index (χ4n) is 7.51. The predicted molar refractivity (Wildman–Crippen MR) is 394 cm³/mol. The summed E-state index contributed by atoms with van der Waals surface area (Å²) in [7, 11) is -0.462. The Morgan fingerprint density at radius 2 is 1.15 bits per heavy atom. The molecule has 2 aromatic heterocycles. The van der Waals surface area contributed by atoms with Gasteiger partial charge in [0.05, 0.1) is 42.6 Å². The molecule has 0 bridgehead atoms. The number of benzene rings is 4. The molecule has 104 heavy (non-hydrogen) atoms. The predicted octanol–water partition coefficient (Wildman–Crippen LogP) is 12.4. The molecule has 3 aliphatic heterocycles. The van der Waals surface area contributed by atoms with Crippen LogP contribution in [0, 0.1) is 11.3 Å². The lowest BCUT2D eigenvalue weighted by molar-refractivity contribution is -0.199. The van der Waals surface area contributed by atoms with Crippen LogP contribution in [0.25, 0.3) is 28.2 Å². The van der Waals surface area contributed by atoms with Gasteiger partial charge in [-0.3, -0.25) is 9.59 Å². The van der Waals surface area contributed by atoms with Gasteiger partial charge >= 0.3 is 49.5 Å². The van der Waals surface area contributed by atoms with Crippen LogP contribution in [-0.2, 0) is 39.7 Å². The van der Waals surface area contributed by atoms with Gasteiger partial charge < -0.3 is 61.4 Å². The van der Waals surface area contributed by atoms with Gasteiger partial charge in [0.1, 0.15) is 17.0 Å². The van der Waals surface area contributed by atoms with Crippen LogP contribution in [0.4, 0.5) is 44.3 Å². The number of rotatable bonds is 12. The minimum absolute atomic E-state index is 0.00858. The topological polar surface area (TPSA) is 362 Å². The molecule has 10 N–H and O–H groups in total. The van der Waals surface area contributed by atoms with Gasteiger partial charge in [-0.1, -0.05) is 114 Å². The van der Waals surface area contributed by atoms with Gasteiger partial charge in [-0.15, -0.1) is 20.4 Å². The van der Waals surface area contributed by atoms with Crippen molar-refractivity contribution >= 4 is 132 Å². The van der Waals surface area contributed by atoms with Crippen molar-refractivity contribution in [1.82, 2.24) is 56.4 Å². The number of fused-ring (bicyclic) bond motifs is 1. The van der Waals surface area contributed by atoms with Crippen molar-refractivity contribution in [2.24, 2.45) is 17.2 Å². The van der Waals surface area contributed by atoms with Gasteiger partial charge in [0, 0.05) is 105 Å². The third kappa shape index (κ3) is 36.9. The summed E-state index contributed by atoms with van der Waals surface area (Å²) in [6, 6.07) is 32.2. The highest BCUT2D eigenvalue weighted by Crippen LogP contribution is 2.47. The van der Waals surface area contributed by atoms with E-state index in [9.17, 15) is 58.7 Å². The number of carbonyl (C=O) groups is 4. The Balaban J connectivity index is 0.000000643. The quantitative estimate of drug-likeness (QED) is 0.0259. The van der Waals surface area contributed by atoms with Crippen LogP contribution in [0.1, 0.15) is 79.4 Å². The largest absolute Gasteiger partial charge is 0.495 e. The number of piperidine rings is 1. The summed E-state index contributed by atoms with van der Waals surface area (Å²) < 4.78 is 135. The van der Waals surface area contributed by atoms with Crippen LogP contribution in [0.5, 0.6) is 5.75 Å². The second-order valence-electron chi connectivity index (χ2n) is 22.8. The molecule has 3 amide bonds. The van der Waals surface area contributed by atoms with Crippen molar-refractivity contribution in [3.05, 3.63) is 128 Å². The highest BCUT2D eigenvalue weighted by Gasteiger charge is 2.55. The number of hydrogen-bond donors (Lipinski definition) is 7. The molecule has 3 aliphatic rings. The molecule has 0 aliphatic carbocycles. The summed E-state index contributed by atoms with van der Waals surface area (Å²) in [4.78, 5) is 45.7. The van der Waals surface area contributed by atoms with Crippen molar-refractivity contribution in [1.29, 1.82) is 5.26 Å². The van der Waals surface area contributed by atoms with E-state index < -0.39 is 65.8 Å². The number of amides is 3. The Hall–Kier alpha value is -6.20.